The van der Waals surface area contributed by atoms with E-state index in [0.29, 0.717) is 30.2 Å². The molecule has 1 aliphatic heterocycles. The summed E-state index contributed by atoms with van der Waals surface area (Å²) in [6, 6.07) is 9.92. The topological polar surface area (TPSA) is 50.8 Å². The highest BCUT2D eigenvalue weighted by molar-refractivity contribution is 5.74. The molecule has 0 atom stereocenters. The standard InChI is InChI=1S/C19H19F3N2O3/c1-2-24(11-14-5-8-16-17(9-14)27-12-26-16)18(25)23-10-13-3-6-15(7-4-13)19(20,21)22/h3-9H,2,10-12H2,1H3,(H,23,25). The molecule has 0 unspecified atom stereocenters. The van der Waals surface area contributed by atoms with E-state index < -0.39 is 11.7 Å². The predicted molar refractivity (Wildman–Crippen MR) is 92.3 cm³/mol. The molecule has 0 spiro atoms. The zero-order valence-electron chi connectivity index (χ0n) is 14.7. The summed E-state index contributed by atoms with van der Waals surface area (Å²) in [6.45, 7) is 3.04. The Hall–Kier alpha value is -2.90. The molecule has 0 saturated carbocycles. The first-order valence-electron chi connectivity index (χ1n) is 8.44. The zero-order chi connectivity index (χ0) is 19.4. The fraction of sp³-hybridized carbons (Fsp3) is 0.316. The molecule has 0 fully saturated rings. The third kappa shape index (κ3) is 4.64. The van der Waals surface area contributed by atoms with Crippen LogP contribution in [0.5, 0.6) is 11.5 Å². The number of urea groups is 1. The van der Waals surface area contributed by atoms with Crippen LogP contribution in [0.25, 0.3) is 0 Å². The minimum atomic E-state index is -4.37. The fourth-order valence-electron chi connectivity index (χ4n) is 2.69. The summed E-state index contributed by atoms with van der Waals surface area (Å²) >= 11 is 0. The van der Waals surface area contributed by atoms with E-state index >= 15 is 0 Å². The summed E-state index contributed by atoms with van der Waals surface area (Å²) in [7, 11) is 0. The van der Waals surface area contributed by atoms with Gasteiger partial charge in [-0.1, -0.05) is 18.2 Å². The number of alkyl halides is 3. The zero-order valence-corrected chi connectivity index (χ0v) is 14.7. The summed E-state index contributed by atoms with van der Waals surface area (Å²) in [4.78, 5) is 14.0. The van der Waals surface area contributed by atoms with Gasteiger partial charge in [0.25, 0.3) is 0 Å². The molecule has 2 amide bonds. The molecule has 1 aliphatic rings. The van der Waals surface area contributed by atoms with Crippen molar-refractivity contribution in [3.05, 3.63) is 59.2 Å². The Morgan fingerprint density at radius 1 is 1.07 bits per heavy atom. The first-order chi connectivity index (χ1) is 12.9. The van der Waals surface area contributed by atoms with Crippen LogP contribution in [-0.4, -0.2) is 24.3 Å². The lowest BCUT2D eigenvalue weighted by Crippen LogP contribution is -2.39. The van der Waals surface area contributed by atoms with Gasteiger partial charge in [0.1, 0.15) is 0 Å². The number of ether oxygens (including phenoxy) is 2. The van der Waals surface area contributed by atoms with Gasteiger partial charge in [0.05, 0.1) is 5.56 Å². The molecule has 0 aromatic heterocycles. The summed E-state index contributed by atoms with van der Waals surface area (Å²) in [6.07, 6.45) is -4.37. The Morgan fingerprint density at radius 2 is 1.74 bits per heavy atom. The Morgan fingerprint density at radius 3 is 2.41 bits per heavy atom. The van der Waals surface area contributed by atoms with E-state index in [1.807, 2.05) is 19.1 Å². The molecule has 144 valence electrons. The van der Waals surface area contributed by atoms with Gasteiger partial charge in [-0.25, -0.2) is 4.79 Å². The Kier molecular flexibility index (Phi) is 5.43. The summed E-state index contributed by atoms with van der Waals surface area (Å²) in [5.41, 5.74) is 0.775. The van der Waals surface area contributed by atoms with Gasteiger partial charge >= 0.3 is 12.2 Å². The quantitative estimate of drug-likeness (QED) is 0.847. The van der Waals surface area contributed by atoms with Crippen LogP contribution in [0.2, 0.25) is 0 Å². The first-order valence-corrected chi connectivity index (χ1v) is 8.44. The van der Waals surface area contributed by atoms with Crippen LogP contribution in [0.15, 0.2) is 42.5 Å². The largest absolute Gasteiger partial charge is 0.454 e. The van der Waals surface area contributed by atoms with E-state index in [0.717, 1.165) is 17.7 Å². The summed E-state index contributed by atoms with van der Waals surface area (Å²) < 4.78 is 48.3. The summed E-state index contributed by atoms with van der Waals surface area (Å²) in [5, 5.41) is 2.73. The SMILES string of the molecule is CCN(Cc1ccc2c(c1)OCO2)C(=O)NCc1ccc(C(F)(F)F)cc1. The molecular formula is C19H19F3N2O3. The Balaban J connectivity index is 1.57. The minimum absolute atomic E-state index is 0.147. The molecule has 0 radical (unpaired) electrons. The van der Waals surface area contributed by atoms with E-state index in [9.17, 15) is 18.0 Å². The summed E-state index contributed by atoms with van der Waals surface area (Å²) in [5.74, 6) is 1.32. The van der Waals surface area contributed by atoms with Crippen molar-refractivity contribution in [2.75, 3.05) is 13.3 Å². The van der Waals surface area contributed by atoms with Crippen molar-refractivity contribution in [3.63, 3.8) is 0 Å². The van der Waals surface area contributed by atoms with Crippen LogP contribution in [0.4, 0.5) is 18.0 Å². The van der Waals surface area contributed by atoms with Gasteiger partial charge in [0, 0.05) is 19.6 Å². The highest BCUT2D eigenvalue weighted by atomic mass is 19.4. The Bertz CT molecular complexity index is 807. The number of nitrogens with zero attached hydrogens (tertiary/aromatic N) is 1. The molecule has 0 aliphatic carbocycles. The van der Waals surface area contributed by atoms with E-state index in [1.165, 1.54) is 12.1 Å². The van der Waals surface area contributed by atoms with E-state index in [1.54, 1.807) is 11.0 Å². The molecule has 2 aromatic rings. The highest BCUT2D eigenvalue weighted by Crippen LogP contribution is 2.33. The van der Waals surface area contributed by atoms with Gasteiger partial charge in [0.15, 0.2) is 11.5 Å². The third-order valence-electron chi connectivity index (χ3n) is 4.20. The molecule has 27 heavy (non-hydrogen) atoms. The molecule has 5 nitrogen and oxygen atoms in total. The molecule has 1 heterocycles. The van der Waals surface area contributed by atoms with Crippen molar-refractivity contribution in [1.29, 1.82) is 0 Å². The second kappa shape index (κ2) is 7.77. The van der Waals surface area contributed by atoms with Gasteiger partial charge in [0.2, 0.25) is 6.79 Å². The predicted octanol–water partition coefficient (Wildman–Crippen LogP) is 4.17. The smallest absolute Gasteiger partial charge is 0.416 e. The van der Waals surface area contributed by atoms with E-state index in [4.69, 9.17) is 9.47 Å². The maximum absolute atomic E-state index is 12.6. The fourth-order valence-corrected chi connectivity index (χ4v) is 2.69. The monoisotopic (exact) mass is 380 g/mol. The van der Waals surface area contributed by atoms with Crippen LogP contribution in [0.1, 0.15) is 23.6 Å². The number of hydrogen-bond donors (Lipinski definition) is 1. The van der Waals surface area contributed by atoms with Gasteiger partial charge in [-0.3, -0.25) is 0 Å². The number of benzene rings is 2. The average molecular weight is 380 g/mol. The second-order valence-corrected chi connectivity index (χ2v) is 6.06. The van der Waals surface area contributed by atoms with Crippen molar-refractivity contribution in [3.8, 4) is 11.5 Å². The lowest BCUT2D eigenvalue weighted by Gasteiger charge is -2.21. The molecule has 0 saturated heterocycles. The number of carbonyl (C=O) groups is 1. The number of hydrogen-bond acceptors (Lipinski definition) is 3. The van der Waals surface area contributed by atoms with Crippen molar-refractivity contribution < 1.29 is 27.4 Å². The van der Waals surface area contributed by atoms with Crippen LogP contribution >= 0.6 is 0 Å². The first kappa shape index (κ1) is 18.9. The molecule has 0 bridgehead atoms. The highest BCUT2D eigenvalue weighted by Gasteiger charge is 2.29. The lowest BCUT2D eigenvalue weighted by molar-refractivity contribution is -0.137. The molecule has 8 heteroatoms. The van der Waals surface area contributed by atoms with E-state index in [-0.39, 0.29) is 19.4 Å². The lowest BCUT2D eigenvalue weighted by atomic mass is 10.1. The number of amides is 2. The Labute approximate surface area is 154 Å². The van der Waals surface area contributed by atoms with Crippen molar-refractivity contribution in [1.82, 2.24) is 10.2 Å². The van der Waals surface area contributed by atoms with Gasteiger partial charge in [-0.2, -0.15) is 13.2 Å². The van der Waals surface area contributed by atoms with Crippen molar-refractivity contribution in [2.45, 2.75) is 26.2 Å². The van der Waals surface area contributed by atoms with Crippen LogP contribution in [-0.2, 0) is 19.3 Å². The molecule has 1 N–H and O–H groups in total. The molecular weight excluding hydrogens is 361 g/mol. The maximum atomic E-state index is 12.6. The third-order valence-corrected chi connectivity index (χ3v) is 4.20. The normalized spacial score (nSPS) is 12.7. The number of rotatable bonds is 5. The average Bonchev–Trinajstić information content (AvgIpc) is 3.11. The number of fused-ring (bicyclic) bond motifs is 1. The molecule has 3 rings (SSSR count). The number of halogens is 3. The number of carbonyl (C=O) groups excluding carboxylic acids is 1. The van der Waals surface area contributed by atoms with Gasteiger partial charge in [-0.05, 0) is 42.3 Å². The minimum Gasteiger partial charge on any atom is -0.454 e. The van der Waals surface area contributed by atoms with Gasteiger partial charge in [-0.15, -0.1) is 0 Å². The van der Waals surface area contributed by atoms with Crippen LogP contribution in [0.3, 0.4) is 0 Å². The van der Waals surface area contributed by atoms with Gasteiger partial charge < -0.3 is 19.7 Å². The van der Waals surface area contributed by atoms with E-state index in [2.05, 4.69) is 5.32 Å². The number of nitrogens with one attached hydrogen (secondary N) is 1. The van der Waals surface area contributed by atoms with Crippen LogP contribution < -0.4 is 14.8 Å². The van der Waals surface area contributed by atoms with Crippen LogP contribution in [0, 0.1) is 0 Å². The second-order valence-electron chi connectivity index (χ2n) is 6.06. The maximum Gasteiger partial charge on any atom is 0.416 e. The molecule has 2 aromatic carbocycles. The van der Waals surface area contributed by atoms with Crippen molar-refractivity contribution >= 4 is 6.03 Å². The van der Waals surface area contributed by atoms with Crippen molar-refractivity contribution in [2.24, 2.45) is 0 Å².